The second-order valence-corrected chi connectivity index (χ2v) is 12.2. The zero-order valence-corrected chi connectivity index (χ0v) is 25.7. The van der Waals surface area contributed by atoms with Crippen LogP contribution in [0.15, 0.2) is 77.7 Å². The Morgan fingerprint density at radius 3 is 2.62 bits per heavy atom. The molecule has 9 heteroatoms. The number of nitrogens with zero attached hydrogens (tertiary/aromatic N) is 3. The van der Waals surface area contributed by atoms with Crippen molar-refractivity contribution < 1.29 is 13.9 Å². The van der Waals surface area contributed by atoms with E-state index in [0.29, 0.717) is 36.1 Å². The highest BCUT2D eigenvalue weighted by Gasteiger charge is 2.29. The summed E-state index contributed by atoms with van der Waals surface area (Å²) >= 11 is 0. The molecule has 2 aliphatic rings. The standard InChI is InChI=1S/C36H36FN5O3/c1-40(2)26-11-6-8-22(16-26)20-39-32-29(37)19-27-33-35(32)45-31-18-24-10-5-4-9-23(24)17-30(31)42(33)21-28(34(27)43)36(44)38-14-13-25-12-7-15-41(25)3/h4-6,8-11,16-19,21,25,39H,7,12-15,20H2,1-3H3,(H,38,44). The molecule has 7 rings (SSSR count). The van der Waals surface area contributed by atoms with Gasteiger partial charge in [-0.25, -0.2) is 4.39 Å². The number of hydrogen-bond donors (Lipinski definition) is 2. The van der Waals surface area contributed by atoms with Crippen molar-refractivity contribution in [2.75, 3.05) is 44.4 Å². The summed E-state index contributed by atoms with van der Waals surface area (Å²) in [6.45, 7) is 1.84. The summed E-state index contributed by atoms with van der Waals surface area (Å²) in [5, 5.41) is 8.20. The van der Waals surface area contributed by atoms with Gasteiger partial charge in [-0.2, -0.15) is 0 Å². The second kappa shape index (κ2) is 11.6. The maximum atomic E-state index is 16.0. The third-order valence-electron chi connectivity index (χ3n) is 9.07. The number of fused-ring (bicyclic) bond motifs is 3. The highest BCUT2D eigenvalue weighted by molar-refractivity contribution is 6.02. The Balaban J connectivity index is 1.32. The van der Waals surface area contributed by atoms with Gasteiger partial charge in [0.05, 0.1) is 11.1 Å². The number of likely N-dealkylation sites (tertiary alicyclic amines) is 1. The summed E-state index contributed by atoms with van der Waals surface area (Å²) in [5.41, 5.74) is 2.67. The molecule has 5 aromatic rings. The highest BCUT2D eigenvalue weighted by Crippen LogP contribution is 2.46. The van der Waals surface area contributed by atoms with Crippen LogP contribution >= 0.6 is 0 Å². The number of benzene rings is 4. The fourth-order valence-corrected chi connectivity index (χ4v) is 6.56. The van der Waals surface area contributed by atoms with Gasteiger partial charge in [0.1, 0.15) is 16.8 Å². The van der Waals surface area contributed by atoms with E-state index in [4.69, 9.17) is 4.74 Å². The summed E-state index contributed by atoms with van der Waals surface area (Å²) in [6, 6.07) is 21.4. The number of carbonyl (C=O) groups excluding carboxylic acids is 1. The van der Waals surface area contributed by atoms with Gasteiger partial charge in [-0.05, 0) is 79.5 Å². The molecule has 1 aromatic heterocycles. The van der Waals surface area contributed by atoms with Gasteiger partial charge in [-0.15, -0.1) is 0 Å². The first-order valence-electron chi connectivity index (χ1n) is 15.4. The minimum atomic E-state index is -0.629. The topological polar surface area (TPSA) is 78.8 Å². The molecule has 0 radical (unpaired) electrons. The molecule has 4 aromatic carbocycles. The smallest absolute Gasteiger partial charge is 0.256 e. The lowest BCUT2D eigenvalue weighted by molar-refractivity contribution is 0.0949. The number of carbonyl (C=O) groups is 1. The van der Waals surface area contributed by atoms with Crippen LogP contribution in [0.4, 0.5) is 15.8 Å². The van der Waals surface area contributed by atoms with Crippen molar-refractivity contribution in [2.24, 2.45) is 0 Å². The monoisotopic (exact) mass is 605 g/mol. The number of ether oxygens (including phenoxy) is 1. The molecule has 8 nitrogen and oxygen atoms in total. The lowest BCUT2D eigenvalue weighted by atomic mass is 10.0. The number of aromatic nitrogens is 1. The Labute approximate surface area is 261 Å². The number of rotatable bonds is 8. The van der Waals surface area contributed by atoms with Crippen molar-refractivity contribution in [3.05, 3.63) is 100 Å². The molecule has 1 unspecified atom stereocenters. The van der Waals surface area contributed by atoms with E-state index >= 15 is 4.39 Å². The molecule has 1 fully saturated rings. The normalized spacial score (nSPS) is 15.6. The van der Waals surface area contributed by atoms with Gasteiger partial charge >= 0.3 is 0 Å². The van der Waals surface area contributed by atoms with Crippen LogP contribution in [0.5, 0.6) is 11.5 Å². The molecule has 1 saturated heterocycles. The van der Waals surface area contributed by atoms with Crippen LogP contribution < -0.4 is 25.7 Å². The van der Waals surface area contributed by atoms with Crippen molar-refractivity contribution in [3.63, 3.8) is 0 Å². The van der Waals surface area contributed by atoms with Gasteiger partial charge < -0.3 is 29.7 Å². The molecular formula is C36H36FN5O3. The van der Waals surface area contributed by atoms with Crippen LogP contribution in [-0.2, 0) is 6.54 Å². The Hall–Kier alpha value is -4.89. The molecule has 2 N–H and O–H groups in total. The predicted octanol–water partition coefficient (Wildman–Crippen LogP) is 6.28. The quantitative estimate of drug-likeness (QED) is 0.213. The van der Waals surface area contributed by atoms with Gasteiger partial charge in [0.15, 0.2) is 17.3 Å². The molecule has 0 saturated carbocycles. The molecule has 1 amide bonds. The Morgan fingerprint density at radius 2 is 1.87 bits per heavy atom. The van der Waals surface area contributed by atoms with Crippen LogP contribution in [0.2, 0.25) is 0 Å². The van der Waals surface area contributed by atoms with E-state index in [1.807, 2.05) is 79.7 Å². The van der Waals surface area contributed by atoms with E-state index in [2.05, 4.69) is 22.6 Å². The van der Waals surface area contributed by atoms with Crippen molar-refractivity contribution >= 4 is 39.0 Å². The molecule has 0 spiro atoms. The summed E-state index contributed by atoms with van der Waals surface area (Å²) in [7, 11) is 6.03. The molecular weight excluding hydrogens is 569 g/mol. The zero-order valence-electron chi connectivity index (χ0n) is 25.7. The summed E-state index contributed by atoms with van der Waals surface area (Å²) in [5.74, 6) is -0.379. The average Bonchev–Trinajstić information content (AvgIpc) is 3.45. The zero-order chi connectivity index (χ0) is 31.2. The largest absolute Gasteiger partial charge is 0.451 e. The first kappa shape index (κ1) is 28.9. The SMILES string of the molecule is CN(C)c1cccc(CNc2c(F)cc3c(=O)c(C(=O)NCCC4CCCN4C)cn4c3c2Oc2cc3ccccc3cc2-4)c1. The van der Waals surface area contributed by atoms with E-state index in [-0.39, 0.29) is 22.4 Å². The number of hydrogen-bond acceptors (Lipinski definition) is 6. The van der Waals surface area contributed by atoms with Gasteiger partial charge in [-0.1, -0.05) is 36.4 Å². The molecule has 230 valence electrons. The number of nitrogens with one attached hydrogen (secondary N) is 2. The third-order valence-corrected chi connectivity index (χ3v) is 9.07. The first-order valence-corrected chi connectivity index (χ1v) is 15.4. The fourth-order valence-electron chi connectivity index (χ4n) is 6.56. The van der Waals surface area contributed by atoms with E-state index in [1.54, 1.807) is 10.8 Å². The Bertz CT molecular complexity index is 2020. The Kier molecular flexibility index (Phi) is 7.41. The molecule has 3 heterocycles. The maximum absolute atomic E-state index is 16.0. The van der Waals surface area contributed by atoms with Gasteiger partial charge in [-0.3, -0.25) is 9.59 Å². The molecule has 1 atom stereocenters. The fraction of sp³-hybridized carbons (Fsp3) is 0.278. The second-order valence-electron chi connectivity index (χ2n) is 12.2. The first-order chi connectivity index (χ1) is 21.8. The van der Waals surface area contributed by atoms with Crippen LogP contribution in [0.1, 0.15) is 35.2 Å². The number of pyridine rings is 1. The van der Waals surface area contributed by atoms with Crippen LogP contribution in [-0.4, -0.2) is 55.6 Å². The lowest BCUT2D eigenvalue weighted by Gasteiger charge is -2.27. The number of halogens is 1. The summed E-state index contributed by atoms with van der Waals surface area (Å²) in [6.07, 6.45) is 4.62. The molecule has 0 aliphatic carbocycles. The average molecular weight is 606 g/mol. The van der Waals surface area contributed by atoms with E-state index in [1.165, 1.54) is 6.07 Å². The van der Waals surface area contributed by atoms with Gasteiger partial charge in [0, 0.05) is 45.1 Å². The predicted molar refractivity (Wildman–Crippen MR) is 178 cm³/mol. The van der Waals surface area contributed by atoms with Crippen molar-refractivity contribution in [2.45, 2.75) is 31.8 Å². The number of anilines is 2. The Morgan fingerprint density at radius 1 is 1.07 bits per heavy atom. The molecule has 2 aliphatic heterocycles. The van der Waals surface area contributed by atoms with Gasteiger partial charge in [0.2, 0.25) is 5.43 Å². The summed E-state index contributed by atoms with van der Waals surface area (Å²) < 4.78 is 24.2. The van der Waals surface area contributed by atoms with Crippen LogP contribution in [0.25, 0.3) is 27.4 Å². The highest BCUT2D eigenvalue weighted by atomic mass is 19.1. The van der Waals surface area contributed by atoms with Crippen molar-refractivity contribution in [1.82, 2.24) is 14.8 Å². The lowest BCUT2D eigenvalue weighted by Crippen LogP contribution is -2.34. The van der Waals surface area contributed by atoms with E-state index < -0.39 is 17.2 Å². The molecule has 0 bridgehead atoms. The minimum Gasteiger partial charge on any atom is -0.451 e. The van der Waals surface area contributed by atoms with Crippen molar-refractivity contribution in [3.8, 4) is 17.2 Å². The van der Waals surface area contributed by atoms with Crippen molar-refractivity contribution in [1.29, 1.82) is 0 Å². The van der Waals surface area contributed by atoms with E-state index in [0.717, 1.165) is 47.8 Å². The number of amides is 1. The van der Waals surface area contributed by atoms with E-state index in [9.17, 15) is 9.59 Å². The maximum Gasteiger partial charge on any atom is 0.256 e. The van der Waals surface area contributed by atoms with Crippen LogP contribution in [0.3, 0.4) is 0 Å². The molecule has 45 heavy (non-hydrogen) atoms. The van der Waals surface area contributed by atoms with Gasteiger partial charge in [0.25, 0.3) is 5.91 Å². The summed E-state index contributed by atoms with van der Waals surface area (Å²) in [4.78, 5) is 31.6. The minimum absolute atomic E-state index is 0.0326. The van der Waals surface area contributed by atoms with Crippen LogP contribution in [0, 0.1) is 5.82 Å². The third kappa shape index (κ3) is 5.27.